The zero-order chi connectivity index (χ0) is 14.8. The number of amides is 1. The molecule has 1 aliphatic rings. The molecule has 1 saturated carbocycles. The van der Waals surface area contributed by atoms with Crippen LogP contribution >= 0.6 is 0 Å². The summed E-state index contributed by atoms with van der Waals surface area (Å²) < 4.78 is 0. The average Bonchev–Trinajstić information content (AvgIpc) is 2.38. The summed E-state index contributed by atoms with van der Waals surface area (Å²) in [6.45, 7) is 0.730. The zero-order valence-electron chi connectivity index (χ0n) is 11.5. The van der Waals surface area contributed by atoms with Gasteiger partial charge in [-0.05, 0) is 18.4 Å². The highest BCUT2D eigenvalue weighted by Gasteiger charge is 2.44. The molecule has 2 rings (SSSR count). The number of nitrogens with zero attached hydrogens (tertiary/aromatic N) is 2. The molecule has 0 saturated heterocycles. The van der Waals surface area contributed by atoms with Crippen LogP contribution in [0.25, 0.3) is 0 Å². The van der Waals surface area contributed by atoms with Crippen molar-refractivity contribution in [3.63, 3.8) is 0 Å². The van der Waals surface area contributed by atoms with Gasteiger partial charge in [0.25, 0.3) is 5.69 Å². The number of rotatable bonds is 5. The molecule has 0 bridgehead atoms. The van der Waals surface area contributed by atoms with Crippen molar-refractivity contribution in [2.45, 2.75) is 25.8 Å². The molecule has 0 aromatic heterocycles. The van der Waals surface area contributed by atoms with Gasteiger partial charge in [0.05, 0.1) is 10.3 Å². The van der Waals surface area contributed by atoms with Crippen LogP contribution in [0.5, 0.6) is 0 Å². The van der Waals surface area contributed by atoms with Gasteiger partial charge in [0.1, 0.15) is 0 Å². The Bertz CT molecular complexity index is 521. The second-order valence-electron chi connectivity index (χ2n) is 5.43. The lowest BCUT2D eigenvalue weighted by molar-refractivity contribution is -0.384. The molecule has 0 radical (unpaired) electrons. The predicted octanol–water partition coefficient (Wildman–Crippen LogP) is 1.68. The summed E-state index contributed by atoms with van der Waals surface area (Å²) in [7, 11) is 1.72. The lowest BCUT2D eigenvalue weighted by Crippen LogP contribution is -2.50. The van der Waals surface area contributed by atoms with Gasteiger partial charge >= 0.3 is 0 Å². The number of nitro groups is 1. The first-order valence-electron chi connectivity index (χ1n) is 6.67. The SMILES string of the molecule is CN(Cc1cccc([N+](=O)[O-])c1)C(=O)C1(CN)CCC1. The molecule has 1 fully saturated rings. The van der Waals surface area contributed by atoms with Crippen LogP contribution in [0, 0.1) is 15.5 Å². The van der Waals surface area contributed by atoms with Crippen molar-refractivity contribution in [3.05, 3.63) is 39.9 Å². The number of carbonyl (C=O) groups is 1. The van der Waals surface area contributed by atoms with Crippen LogP contribution in [0.2, 0.25) is 0 Å². The van der Waals surface area contributed by atoms with Gasteiger partial charge in [0.2, 0.25) is 5.91 Å². The smallest absolute Gasteiger partial charge is 0.269 e. The predicted molar refractivity (Wildman–Crippen MR) is 74.9 cm³/mol. The van der Waals surface area contributed by atoms with Crippen molar-refractivity contribution in [3.8, 4) is 0 Å². The maximum atomic E-state index is 12.4. The third-order valence-corrected chi connectivity index (χ3v) is 4.04. The Morgan fingerprint density at radius 2 is 2.20 bits per heavy atom. The number of carbonyl (C=O) groups excluding carboxylic acids is 1. The second-order valence-corrected chi connectivity index (χ2v) is 5.43. The summed E-state index contributed by atoms with van der Waals surface area (Å²) in [5.74, 6) is 0.0396. The van der Waals surface area contributed by atoms with Crippen LogP contribution in [0.4, 0.5) is 5.69 Å². The van der Waals surface area contributed by atoms with Gasteiger partial charge in [-0.1, -0.05) is 18.6 Å². The van der Waals surface area contributed by atoms with Crippen molar-refractivity contribution < 1.29 is 9.72 Å². The summed E-state index contributed by atoms with van der Waals surface area (Å²) in [5, 5.41) is 10.7. The van der Waals surface area contributed by atoms with E-state index in [1.54, 1.807) is 24.1 Å². The van der Waals surface area contributed by atoms with Crippen molar-refractivity contribution >= 4 is 11.6 Å². The largest absolute Gasteiger partial charge is 0.341 e. The standard InChI is InChI=1S/C14H19N3O3/c1-16(13(18)14(10-15)6-3-7-14)9-11-4-2-5-12(8-11)17(19)20/h2,4-5,8H,3,6-7,9-10,15H2,1H3. The van der Waals surface area contributed by atoms with Crippen molar-refractivity contribution in [2.24, 2.45) is 11.1 Å². The fourth-order valence-electron chi connectivity index (χ4n) is 2.63. The van der Waals surface area contributed by atoms with Gasteiger partial charge in [0.15, 0.2) is 0 Å². The first-order valence-corrected chi connectivity index (χ1v) is 6.67. The van der Waals surface area contributed by atoms with E-state index in [4.69, 9.17) is 5.73 Å². The van der Waals surface area contributed by atoms with Crippen LogP contribution in [0.15, 0.2) is 24.3 Å². The molecule has 2 N–H and O–H groups in total. The van der Waals surface area contributed by atoms with Crippen molar-refractivity contribution in [2.75, 3.05) is 13.6 Å². The minimum atomic E-state index is -0.432. The Hall–Kier alpha value is -1.95. The molecular formula is C14H19N3O3. The van der Waals surface area contributed by atoms with Crippen LogP contribution in [0.1, 0.15) is 24.8 Å². The van der Waals surface area contributed by atoms with Gasteiger partial charge in [-0.15, -0.1) is 0 Å². The van der Waals surface area contributed by atoms with E-state index in [1.165, 1.54) is 12.1 Å². The highest BCUT2D eigenvalue weighted by molar-refractivity contribution is 5.83. The molecule has 1 aromatic rings. The van der Waals surface area contributed by atoms with E-state index in [0.29, 0.717) is 13.1 Å². The number of hydrogen-bond donors (Lipinski definition) is 1. The Labute approximate surface area is 117 Å². The highest BCUT2D eigenvalue weighted by atomic mass is 16.6. The molecule has 0 atom stereocenters. The molecule has 108 valence electrons. The summed E-state index contributed by atoms with van der Waals surface area (Å²) >= 11 is 0. The number of benzene rings is 1. The highest BCUT2D eigenvalue weighted by Crippen LogP contribution is 2.41. The Kier molecular flexibility index (Phi) is 4.04. The average molecular weight is 277 g/mol. The minimum Gasteiger partial charge on any atom is -0.341 e. The monoisotopic (exact) mass is 277 g/mol. The van der Waals surface area contributed by atoms with Gasteiger partial charge in [-0.2, -0.15) is 0 Å². The maximum Gasteiger partial charge on any atom is 0.269 e. The third-order valence-electron chi connectivity index (χ3n) is 4.04. The number of nitro benzene ring substituents is 1. The van der Waals surface area contributed by atoms with E-state index in [9.17, 15) is 14.9 Å². The quantitative estimate of drug-likeness (QED) is 0.655. The molecule has 1 aromatic carbocycles. The van der Waals surface area contributed by atoms with Gasteiger partial charge in [0, 0.05) is 32.3 Å². The number of nitrogens with two attached hydrogens (primary N) is 1. The fourth-order valence-corrected chi connectivity index (χ4v) is 2.63. The summed E-state index contributed by atoms with van der Waals surface area (Å²) in [4.78, 5) is 24.3. The van der Waals surface area contributed by atoms with Gasteiger partial charge in [-0.25, -0.2) is 0 Å². The van der Waals surface area contributed by atoms with Gasteiger partial charge in [-0.3, -0.25) is 14.9 Å². The minimum absolute atomic E-state index is 0.0396. The van der Waals surface area contributed by atoms with Crippen LogP contribution in [0.3, 0.4) is 0 Å². The summed E-state index contributed by atoms with van der Waals surface area (Å²) in [6.07, 6.45) is 2.71. The van der Waals surface area contributed by atoms with E-state index in [2.05, 4.69) is 0 Å². The second kappa shape index (κ2) is 5.58. The molecule has 0 aliphatic heterocycles. The van der Waals surface area contributed by atoms with E-state index in [0.717, 1.165) is 24.8 Å². The molecule has 6 heteroatoms. The first-order chi connectivity index (χ1) is 9.48. The molecule has 0 spiro atoms. The molecule has 20 heavy (non-hydrogen) atoms. The lowest BCUT2D eigenvalue weighted by atomic mass is 9.68. The first kappa shape index (κ1) is 14.5. The number of non-ortho nitro benzene ring substituents is 1. The molecule has 1 amide bonds. The van der Waals surface area contributed by atoms with E-state index in [-0.39, 0.29) is 11.6 Å². The summed E-state index contributed by atoms with van der Waals surface area (Å²) in [6, 6.07) is 6.36. The van der Waals surface area contributed by atoms with Gasteiger partial charge < -0.3 is 10.6 Å². The van der Waals surface area contributed by atoms with Crippen LogP contribution in [-0.4, -0.2) is 29.3 Å². The molecular weight excluding hydrogens is 258 g/mol. The molecule has 0 heterocycles. The van der Waals surface area contributed by atoms with E-state index in [1.807, 2.05) is 0 Å². The fraction of sp³-hybridized carbons (Fsp3) is 0.500. The molecule has 1 aliphatic carbocycles. The summed E-state index contributed by atoms with van der Waals surface area (Å²) in [5.41, 5.74) is 6.11. The maximum absolute atomic E-state index is 12.4. The lowest BCUT2D eigenvalue weighted by Gasteiger charge is -2.41. The molecule has 0 unspecified atom stereocenters. The Morgan fingerprint density at radius 1 is 1.50 bits per heavy atom. The Morgan fingerprint density at radius 3 is 2.70 bits per heavy atom. The van der Waals surface area contributed by atoms with Crippen LogP contribution < -0.4 is 5.73 Å². The molecule has 6 nitrogen and oxygen atoms in total. The van der Waals surface area contributed by atoms with Crippen LogP contribution in [-0.2, 0) is 11.3 Å². The zero-order valence-corrected chi connectivity index (χ0v) is 11.5. The van der Waals surface area contributed by atoms with Crippen molar-refractivity contribution in [1.29, 1.82) is 0 Å². The number of hydrogen-bond acceptors (Lipinski definition) is 4. The van der Waals surface area contributed by atoms with E-state index >= 15 is 0 Å². The van der Waals surface area contributed by atoms with Crippen molar-refractivity contribution in [1.82, 2.24) is 4.90 Å². The normalized spacial score (nSPS) is 16.3. The Balaban J connectivity index is 2.07. The topological polar surface area (TPSA) is 89.5 Å². The third kappa shape index (κ3) is 2.65. The van der Waals surface area contributed by atoms with E-state index < -0.39 is 10.3 Å².